The van der Waals surface area contributed by atoms with Crippen LogP contribution in [0.25, 0.3) is 0 Å². The van der Waals surface area contributed by atoms with Crippen molar-refractivity contribution in [1.29, 1.82) is 0 Å². The Labute approximate surface area is 146 Å². The molecule has 0 amide bonds. The number of hydrogen-bond donors (Lipinski definition) is 1. The van der Waals surface area contributed by atoms with Crippen LogP contribution in [0.15, 0.2) is 16.3 Å². The monoisotopic (exact) mass is 382 g/mol. The van der Waals surface area contributed by atoms with E-state index >= 15 is 0 Å². The molecule has 0 spiro atoms. The first-order chi connectivity index (χ1) is 10.8. The first-order valence-corrected chi connectivity index (χ1v) is 10.2. The number of halogens is 1. The van der Waals surface area contributed by atoms with Gasteiger partial charge in [0, 0.05) is 32.7 Å². The largest absolute Gasteiger partial charge is 0.389 e. The molecule has 0 radical (unpaired) electrons. The first kappa shape index (κ1) is 19.1. The molecule has 1 aromatic heterocycles. The van der Waals surface area contributed by atoms with Crippen molar-refractivity contribution in [3.05, 3.63) is 16.5 Å². The second-order valence-corrected chi connectivity index (χ2v) is 9.68. The van der Waals surface area contributed by atoms with E-state index in [1.165, 1.54) is 4.31 Å². The number of piperazine rings is 1. The van der Waals surface area contributed by atoms with E-state index in [-0.39, 0.29) is 10.3 Å². The molecule has 23 heavy (non-hydrogen) atoms. The number of aliphatic hydroxyl groups excluding tert-OH is 1. The molecule has 132 valence electrons. The van der Waals surface area contributed by atoms with Gasteiger partial charge < -0.3 is 9.84 Å². The normalized spacial score (nSPS) is 19.3. The summed E-state index contributed by atoms with van der Waals surface area (Å²) in [5, 5.41) is 9.95. The molecule has 2 rings (SSSR count). The average Bonchev–Trinajstić information content (AvgIpc) is 2.93. The fourth-order valence-electron chi connectivity index (χ4n) is 2.37. The second kappa shape index (κ2) is 8.24. The van der Waals surface area contributed by atoms with Crippen LogP contribution < -0.4 is 0 Å². The van der Waals surface area contributed by atoms with Crippen molar-refractivity contribution < 1.29 is 18.3 Å². The molecule has 9 heteroatoms. The van der Waals surface area contributed by atoms with Crippen molar-refractivity contribution in [3.63, 3.8) is 0 Å². The number of thiophene rings is 1. The highest BCUT2D eigenvalue weighted by Gasteiger charge is 2.30. The zero-order chi connectivity index (χ0) is 17.0. The van der Waals surface area contributed by atoms with Gasteiger partial charge in [0.15, 0.2) is 0 Å². The number of hydrogen-bond acceptors (Lipinski definition) is 6. The molecule has 1 aliphatic heterocycles. The summed E-state index contributed by atoms with van der Waals surface area (Å²) in [6.45, 7) is 6.65. The van der Waals surface area contributed by atoms with E-state index in [9.17, 15) is 13.5 Å². The number of ether oxygens (including phenoxy) is 1. The Bertz CT molecular complexity index is 598. The molecule has 0 bridgehead atoms. The second-order valence-electron chi connectivity index (χ2n) is 5.80. The van der Waals surface area contributed by atoms with Gasteiger partial charge in [-0.15, -0.1) is 11.3 Å². The van der Waals surface area contributed by atoms with Gasteiger partial charge in [-0.25, -0.2) is 8.42 Å². The van der Waals surface area contributed by atoms with Crippen molar-refractivity contribution >= 4 is 33.0 Å². The lowest BCUT2D eigenvalue weighted by molar-refractivity contribution is -0.0117. The number of nitrogens with zero attached hydrogens (tertiary/aromatic N) is 2. The lowest BCUT2D eigenvalue weighted by Gasteiger charge is -2.34. The quantitative estimate of drug-likeness (QED) is 0.773. The molecule has 1 N–H and O–H groups in total. The Morgan fingerprint density at radius 3 is 2.48 bits per heavy atom. The van der Waals surface area contributed by atoms with Gasteiger partial charge in [0.25, 0.3) is 10.0 Å². The van der Waals surface area contributed by atoms with Crippen LogP contribution in [0.3, 0.4) is 0 Å². The fourth-order valence-corrected chi connectivity index (χ4v) is 5.43. The average molecular weight is 383 g/mol. The predicted octanol–water partition coefficient (Wildman–Crippen LogP) is 1.49. The summed E-state index contributed by atoms with van der Waals surface area (Å²) in [5.41, 5.74) is 0. The van der Waals surface area contributed by atoms with Crippen molar-refractivity contribution in [2.24, 2.45) is 0 Å². The number of β-amino-alcohol motifs (C(OH)–C–C–N with tert-alkyl or cyclic N) is 1. The van der Waals surface area contributed by atoms with Crippen LogP contribution >= 0.6 is 22.9 Å². The topological polar surface area (TPSA) is 70.1 Å². The molecule has 1 saturated heterocycles. The summed E-state index contributed by atoms with van der Waals surface area (Å²) in [7, 11) is -3.46. The van der Waals surface area contributed by atoms with Crippen LogP contribution in [0, 0.1) is 0 Å². The summed E-state index contributed by atoms with van der Waals surface area (Å²) < 4.78 is 32.6. The van der Waals surface area contributed by atoms with Crippen LogP contribution in [-0.4, -0.2) is 74.3 Å². The summed E-state index contributed by atoms with van der Waals surface area (Å²) in [4.78, 5) is 2.06. The van der Waals surface area contributed by atoms with Crippen LogP contribution in [-0.2, 0) is 14.8 Å². The van der Waals surface area contributed by atoms with E-state index in [2.05, 4.69) is 4.90 Å². The maximum Gasteiger partial charge on any atom is 0.252 e. The zero-order valence-electron chi connectivity index (χ0n) is 13.3. The molecule has 0 unspecified atom stereocenters. The van der Waals surface area contributed by atoms with Gasteiger partial charge in [-0.3, -0.25) is 4.90 Å². The third kappa shape index (κ3) is 5.38. The van der Waals surface area contributed by atoms with Crippen molar-refractivity contribution in [3.8, 4) is 0 Å². The lowest BCUT2D eigenvalue weighted by Crippen LogP contribution is -2.50. The molecule has 0 saturated carbocycles. The Kier molecular flexibility index (Phi) is 6.85. The number of aliphatic hydroxyl groups is 1. The van der Waals surface area contributed by atoms with Crippen molar-refractivity contribution in [2.45, 2.75) is 30.3 Å². The summed E-state index contributed by atoms with van der Waals surface area (Å²) >= 11 is 6.90. The molecule has 2 heterocycles. The van der Waals surface area contributed by atoms with E-state index in [0.29, 0.717) is 43.7 Å². The SMILES string of the molecule is CC(C)OC[C@H](O)CN1CCN(S(=O)(=O)c2ccc(Cl)s2)CC1. The molecule has 6 nitrogen and oxygen atoms in total. The van der Waals surface area contributed by atoms with Gasteiger partial charge in [0.05, 0.1) is 23.2 Å². The summed E-state index contributed by atoms with van der Waals surface area (Å²) in [6, 6.07) is 3.14. The van der Waals surface area contributed by atoms with E-state index in [4.69, 9.17) is 16.3 Å². The lowest BCUT2D eigenvalue weighted by atomic mass is 10.3. The van der Waals surface area contributed by atoms with Gasteiger partial charge >= 0.3 is 0 Å². The van der Waals surface area contributed by atoms with Gasteiger partial charge in [0.2, 0.25) is 0 Å². The number of sulfonamides is 1. The molecule has 1 fully saturated rings. The van der Waals surface area contributed by atoms with Crippen LogP contribution in [0.2, 0.25) is 4.34 Å². The Hall–Kier alpha value is -0.220. The molecule has 1 aliphatic rings. The molecule has 0 aromatic carbocycles. The summed E-state index contributed by atoms with van der Waals surface area (Å²) in [5.74, 6) is 0. The third-order valence-electron chi connectivity index (χ3n) is 3.56. The molecule has 1 atom stereocenters. The maximum atomic E-state index is 12.5. The highest BCUT2D eigenvalue weighted by atomic mass is 35.5. The fraction of sp³-hybridized carbons (Fsp3) is 0.714. The molecular formula is C14H23ClN2O4S2. The van der Waals surface area contributed by atoms with Gasteiger partial charge in [-0.2, -0.15) is 4.31 Å². The van der Waals surface area contributed by atoms with E-state index in [1.807, 2.05) is 13.8 Å². The van der Waals surface area contributed by atoms with E-state index < -0.39 is 16.1 Å². The van der Waals surface area contributed by atoms with E-state index in [0.717, 1.165) is 11.3 Å². The Morgan fingerprint density at radius 2 is 1.96 bits per heavy atom. The Balaban J connectivity index is 1.84. The predicted molar refractivity (Wildman–Crippen MR) is 91.6 cm³/mol. The van der Waals surface area contributed by atoms with Crippen LogP contribution in [0.5, 0.6) is 0 Å². The van der Waals surface area contributed by atoms with E-state index in [1.54, 1.807) is 12.1 Å². The minimum absolute atomic E-state index is 0.0873. The maximum absolute atomic E-state index is 12.5. The van der Waals surface area contributed by atoms with Crippen molar-refractivity contribution in [1.82, 2.24) is 9.21 Å². The standard InChI is InChI=1S/C14H23ClN2O4S2/c1-11(2)21-10-12(18)9-16-5-7-17(8-6-16)23(19,20)14-4-3-13(15)22-14/h3-4,11-12,18H,5-10H2,1-2H3/t12-/m1/s1. The first-order valence-electron chi connectivity index (χ1n) is 7.56. The van der Waals surface area contributed by atoms with Crippen molar-refractivity contribution in [2.75, 3.05) is 39.3 Å². The zero-order valence-corrected chi connectivity index (χ0v) is 15.7. The van der Waals surface area contributed by atoms with Crippen LogP contribution in [0.1, 0.15) is 13.8 Å². The van der Waals surface area contributed by atoms with Gasteiger partial charge in [-0.05, 0) is 26.0 Å². The molecular weight excluding hydrogens is 360 g/mol. The molecule has 1 aromatic rings. The minimum Gasteiger partial charge on any atom is -0.389 e. The Morgan fingerprint density at radius 1 is 1.30 bits per heavy atom. The van der Waals surface area contributed by atoms with Gasteiger partial charge in [0.1, 0.15) is 4.21 Å². The highest BCUT2D eigenvalue weighted by molar-refractivity contribution is 7.91. The third-order valence-corrected chi connectivity index (χ3v) is 7.16. The summed E-state index contributed by atoms with van der Waals surface area (Å²) in [6.07, 6.45) is -0.471. The highest BCUT2D eigenvalue weighted by Crippen LogP contribution is 2.28. The van der Waals surface area contributed by atoms with Gasteiger partial charge in [-0.1, -0.05) is 11.6 Å². The smallest absolute Gasteiger partial charge is 0.252 e. The number of rotatable bonds is 7. The van der Waals surface area contributed by atoms with Crippen LogP contribution in [0.4, 0.5) is 0 Å². The molecule has 0 aliphatic carbocycles. The minimum atomic E-state index is -3.46.